The highest BCUT2D eigenvalue weighted by Gasteiger charge is 2.31. The number of ketones is 1. The molecule has 0 bridgehead atoms. The molecule has 22 nitrogen and oxygen atoms in total. The Morgan fingerprint density at radius 3 is 0.934 bits per heavy atom. The van der Waals surface area contributed by atoms with E-state index in [0.29, 0.717) is 133 Å². The Morgan fingerprint density at radius 2 is 0.613 bits per heavy atom. The average Bonchev–Trinajstić information content (AvgIpc) is 0.787. The molecule has 12 rings (SSSR count). The van der Waals surface area contributed by atoms with Crippen molar-refractivity contribution in [3.05, 3.63) is 393 Å². The molecule has 1 aromatic heterocycles. The van der Waals surface area contributed by atoms with Gasteiger partial charge in [-0.1, -0.05) is 163 Å². The molecule has 6 unspecified atom stereocenters. The lowest BCUT2D eigenvalue weighted by molar-refractivity contribution is -0.146. The third-order valence-corrected chi connectivity index (χ3v) is 20.2. The first kappa shape index (κ1) is 108. The number of carbonyl (C=O) groups is 7. The van der Waals surface area contributed by atoms with Crippen LogP contribution < -0.4 is 37.9 Å². The SMILES string of the molecule is C=CCCC(Oc1ccc(-c2ccc(Cl)cc2)cc1)C(=O)O.C=CCCC(Oc1ccc(-c2ccc(F)cc2)cc1)C(=O)O.C=CCCC(Oc1ccc(-c2ccc(OC)cc2)cc1)C(=O)O.C=CCCC(Oc1ccc(C(=O)c2ccc(Cl)cc2)cc1)C(=O)O.C=CCCC(Oc1ccc(C(F)(F)F)cc1)C(=O)O.C=CCCC(Oc1cccc(OCc2ccc3ccccc3n2)c1)C(=O)O. The number of aromatic nitrogens is 1. The number of carboxylic acids is 6. The molecule has 6 N–H and O–H groups in total. The van der Waals surface area contributed by atoms with Crippen LogP contribution in [-0.2, 0) is 41.6 Å². The van der Waals surface area contributed by atoms with E-state index in [-0.39, 0.29) is 23.8 Å². The second kappa shape index (κ2) is 57.8. The van der Waals surface area contributed by atoms with E-state index in [1.165, 1.54) is 12.1 Å². The van der Waals surface area contributed by atoms with E-state index in [1.807, 2.05) is 121 Å². The Balaban J connectivity index is 0.000000225. The Hall–Kier alpha value is -15.5. The van der Waals surface area contributed by atoms with Crippen LogP contribution in [0.2, 0.25) is 10.0 Å². The number of nitrogens with zero attached hydrogens (tertiary/aromatic N) is 1. The molecule has 6 atom stereocenters. The number of rotatable bonds is 45. The van der Waals surface area contributed by atoms with Crippen molar-refractivity contribution in [2.45, 2.75) is 126 Å². The van der Waals surface area contributed by atoms with Gasteiger partial charge in [0.1, 0.15) is 58.4 Å². The van der Waals surface area contributed by atoms with Crippen LogP contribution in [0.3, 0.4) is 0 Å². The molecule has 0 spiro atoms. The van der Waals surface area contributed by atoms with Crippen LogP contribution >= 0.6 is 23.2 Å². The molecule has 11 aromatic carbocycles. The summed E-state index contributed by atoms with van der Waals surface area (Å²) in [5, 5.41) is 57.1. The molecule has 0 radical (unpaired) electrons. The van der Waals surface area contributed by atoms with E-state index >= 15 is 0 Å². The summed E-state index contributed by atoms with van der Waals surface area (Å²) < 4.78 is 93.5. The van der Waals surface area contributed by atoms with Crippen molar-refractivity contribution in [2.75, 3.05) is 7.11 Å². The van der Waals surface area contributed by atoms with Gasteiger partial charge in [-0.3, -0.25) is 4.79 Å². The van der Waals surface area contributed by atoms with Crippen LogP contribution in [0.5, 0.6) is 46.0 Å². The number of alkyl halides is 3. The highest BCUT2D eigenvalue weighted by Crippen LogP contribution is 2.34. The van der Waals surface area contributed by atoms with E-state index in [2.05, 4.69) is 44.5 Å². The number of benzene rings is 11. The molecule has 1 heterocycles. The van der Waals surface area contributed by atoms with Crippen molar-refractivity contribution in [1.82, 2.24) is 4.98 Å². The number of aliphatic carboxylic acids is 6. The molecule has 137 heavy (non-hydrogen) atoms. The van der Waals surface area contributed by atoms with Crippen LogP contribution in [0.1, 0.15) is 104 Å². The largest absolute Gasteiger partial charge is 0.497 e. The van der Waals surface area contributed by atoms with Crippen molar-refractivity contribution in [2.24, 2.45) is 0 Å². The van der Waals surface area contributed by atoms with Gasteiger partial charge in [0, 0.05) is 32.6 Å². The van der Waals surface area contributed by atoms with Crippen LogP contribution in [0.15, 0.2) is 355 Å². The predicted molar refractivity (Wildman–Crippen MR) is 521 cm³/mol. The maximum absolute atomic E-state index is 12.9. The summed E-state index contributed by atoms with van der Waals surface area (Å²) in [5.41, 5.74) is 7.87. The topological polar surface area (TPSA) is 328 Å². The number of fused-ring (bicyclic) bond motifs is 1. The zero-order valence-electron chi connectivity index (χ0n) is 74.9. The fourth-order valence-corrected chi connectivity index (χ4v) is 12.7. The lowest BCUT2D eigenvalue weighted by Crippen LogP contribution is -2.26. The summed E-state index contributed by atoms with van der Waals surface area (Å²) in [4.78, 5) is 83.8. The van der Waals surface area contributed by atoms with Crippen molar-refractivity contribution >= 4 is 75.7 Å². The molecule has 0 saturated carbocycles. The minimum Gasteiger partial charge on any atom is -0.497 e. The highest BCUT2D eigenvalue weighted by atomic mass is 35.5. The fraction of sp³-hybridized carbons (Fsp3) is 0.193. The predicted octanol–water partition coefficient (Wildman–Crippen LogP) is 25.7. The fourth-order valence-electron chi connectivity index (χ4n) is 12.4. The van der Waals surface area contributed by atoms with E-state index in [9.17, 15) is 61.3 Å². The maximum atomic E-state index is 12.9. The molecule has 12 aromatic rings. The van der Waals surface area contributed by atoms with Crippen LogP contribution in [0.4, 0.5) is 17.6 Å². The summed E-state index contributed by atoms with van der Waals surface area (Å²) in [6.07, 6.45) is 5.32. The number of hydrogen-bond donors (Lipinski definition) is 6. The van der Waals surface area contributed by atoms with Gasteiger partial charge >= 0.3 is 42.0 Å². The van der Waals surface area contributed by atoms with Crippen LogP contribution in [-0.4, -0.2) is 121 Å². The third-order valence-electron chi connectivity index (χ3n) is 19.7. The quantitative estimate of drug-likeness (QED) is 0.0117. The van der Waals surface area contributed by atoms with Gasteiger partial charge in [0.05, 0.1) is 23.9 Å². The van der Waals surface area contributed by atoms with Crippen LogP contribution in [0.25, 0.3) is 44.3 Å². The highest BCUT2D eigenvalue weighted by molar-refractivity contribution is 6.31. The molecular formula is C109H105Cl2F4NO21. The number of ether oxygens (including phenoxy) is 8. The smallest absolute Gasteiger partial charge is 0.416 e. The van der Waals surface area contributed by atoms with Gasteiger partial charge in [-0.05, 0) is 280 Å². The number of halogens is 6. The monoisotopic (exact) mass is 1910 g/mol. The van der Waals surface area contributed by atoms with Crippen molar-refractivity contribution < 1.29 is 120 Å². The summed E-state index contributed by atoms with van der Waals surface area (Å²) in [7, 11) is 1.63. The maximum Gasteiger partial charge on any atom is 0.416 e. The molecule has 0 fully saturated rings. The van der Waals surface area contributed by atoms with Crippen molar-refractivity contribution in [3.63, 3.8) is 0 Å². The molecule has 0 aliphatic heterocycles. The van der Waals surface area contributed by atoms with Gasteiger partial charge < -0.3 is 68.5 Å². The van der Waals surface area contributed by atoms with Gasteiger partial charge in [-0.2, -0.15) is 13.2 Å². The van der Waals surface area contributed by atoms with Gasteiger partial charge in [0.2, 0.25) is 0 Å². The first-order valence-electron chi connectivity index (χ1n) is 43.0. The van der Waals surface area contributed by atoms with Gasteiger partial charge in [0.15, 0.2) is 42.4 Å². The third kappa shape index (κ3) is 38.5. The molecule has 714 valence electrons. The first-order valence-corrected chi connectivity index (χ1v) is 43.7. The molecule has 0 aliphatic rings. The Morgan fingerprint density at radius 1 is 0.336 bits per heavy atom. The number of carboxylic acid groups (broad SMARTS) is 6. The van der Waals surface area contributed by atoms with E-state index in [1.54, 1.807) is 165 Å². The minimum absolute atomic E-state index is 0.0875. The minimum atomic E-state index is -4.42. The molecule has 28 heteroatoms. The lowest BCUT2D eigenvalue weighted by Gasteiger charge is -2.15. The summed E-state index contributed by atoms with van der Waals surface area (Å²) in [6.45, 7) is 21.7. The first-order chi connectivity index (χ1) is 65.8. The van der Waals surface area contributed by atoms with E-state index in [0.717, 1.165) is 80.0 Å². The van der Waals surface area contributed by atoms with Gasteiger partial charge in [-0.15, -0.1) is 39.5 Å². The second-order valence-corrected chi connectivity index (χ2v) is 30.7. The number of carbonyl (C=O) groups excluding carboxylic acids is 1. The number of pyridine rings is 1. The van der Waals surface area contributed by atoms with E-state index < -0.39 is 84.2 Å². The van der Waals surface area contributed by atoms with E-state index in [4.69, 9.17) is 81.5 Å². The standard InChI is InChI=1S/C22H21NO4.C19H17ClO4.C19H20O4.C18H17ClO3.C18H17FO3.C13H13F3O3/c1-2-3-11-21(22(24)25)27-19-9-6-8-18(14-19)26-15-17-13-12-16-7-4-5-10-20(16)23-17;1-2-3-4-17(19(22)23)24-16-11-7-14(8-12-16)18(21)13-5-9-15(20)10-6-13;1-3-4-5-18(19(20)21)23-17-12-8-15(9-13-17)14-6-10-16(22-2)11-7-14;2*1-2-3-4-17(18(20)21)22-16-11-7-14(8-12-16)13-5-9-15(19)10-6-13;1-2-3-4-11(12(17)18)19-10-7-5-9(6-8-10)13(14,15)16/h2,4-10,12-14,21H,1,3,11,15H2,(H,24,25);2,5-12,17H,1,3-4H2,(H,22,23);3,6-13,18H,1,4-5H2,2H3,(H,20,21);2*2,5-12,17H,1,3-4H2,(H,20,21);2,5-8,11H,1,3-4H2,(H,17,18). The summed E-state index contributed by atoms with van der Waals surface area (Å²) >= 11 is 11.7. The lowest BCUT2D eigenvalue weighted by atomic mass is 10.0. The Kier molecular flexibility index (Phi) is 45.8. The van der Waals surface area contributed by atoms with Crippen LogP contribution in [0, 0.1) is 5.82 Å². The molecule has 0 saturated heterocycles. The number of hydrogen-bond acceptors (Lipinski definition) is 16. The summed E-state index contributed by atoms with van der Waals surface area (Å²) in [6, 6.07) is 78.9. The Bertz CT molecular complexity index is 5750. The Labute approximate surface area is 801 Å². The molecule has 0 aliphatic carbocycles. The van der Waals surface area contributed by atoms with Crippen molar-refractivity contribution in [3.8, 4) is 79.4 Å². The zero-order valence-corrected chi connectivity index (χ0v) is 76.5. The van der Waals surface area contributed by atoms with Gasteiger partial charge in [0.25, 0.3) is 0 Å². The number of allylic oxidation sites excluding steroid dienone is 6. The summed E-state index contributed by atoms with van der Waals surface area (Å²) in [5.74, 6) is -2.64. The van der Waals surface area contributed by atoms with Crippen molar-refractivity contribution in [1.29, 1.82) is 0 Å². The zero-order chi connectivity index (χ0) is 99.6. The second-order valence-electron chi connectivity index (χ2n) is 29.8. The number of methoxy groups -OCH3 is 1. The molecule has 0 amide bonds. The molecular weight excluding hydrogens is 1810 g/mol. The normalized spacial score (nSPS) is 11.8. The van der Waals surface area contributed by atoms with Gasteiger partial charge in [-0.25, -0.2) is 38.1 Å². The average molecular weight is 1910 g/mol. The number of para-hydroxylation sites is 1.